The van der Waals surface area contributed by atoms with Gasteiger partial charge in [-0.05, 0) is 65.5 Å². The molecule has 2 unspecified atom stereocenters. The van der Waals surface area contributed by atoms with Crippen LogP contribution in [0.2, 0.25) is 0 Å². The van der Waals surface area contributed by atoms with Gasteiger partial charge in [0.05, 0.1) is 32.2 Å². The summed E-state index contributed by atoms with van der Waals surface area (Å²) < 4.78 is 10.3. The summed E-state index contributed by atoms with van der Waals surface area (Å²) in [6.07, 6.45) is 3.35. The summed E-state index contributed by atoms with van der Waals surface area (Å²) in [5, 5.41) is 5.12. The number of hydrogen-bond donors (Lipinski definition) is 1. The molecule has 1 heterocycles. The Morgan fingerprint density at radius 2 is 1.67 bits per heavy atom. The van der Waals surface area contributed by atoms with Crippen LogP contribution in [-0.4, -0.2) is 60.4 Å². The summed E-state index contributed by atoms with van der Waals surface area (Å²) in [5.41, 5.74) is -0.196. The van der Waals surface area contributed by atoms with E-state index in [1.165, 1.54) is 7.11 Å². The van der Waals surface area contributed by atoms with Gasteiger partial charge in [-0.1, -0.05) is 38.5 Å². The second-order valence-corrected chi connectivity index (χ2v) is 11.0. The second-order valence-electron chi connectivity index (χ2n) is 11.0. The van der Waals surface area contributed by atoms with Gasteiger partial charge in [-0.2, -0.15) is 5.06 Å². The number of unbranched alkanes of at least 4 members (excludes halogenated alkanes) is 1. The molecule has 1 saturated heterocycles. The predicted octanol–water partition coefficient (Wildman–Crippen LogP) is 4.53. The number of esters is 2. The normalized spacial score (nSPS) is 19.2. The molecule has 0 bridgehead atoms. The van der Waals surface area contributed by atoms with Crippen LogP contribution in [0.15, 0.2) is 30.3 Å². The van der Waals surface area contributed by atoms with Crippen LogP contribution in [0.5, 0.6) is 0 Å². The summed E-state index contributed by atoms with van der Waals surface area (Å²) in [7, 11) is 1.34. The van der Waals surface area contributed by atoms with Crippen molar-refractivity contribution in [3.63, 3.8) is 0 Å². The number of benzene rings is 1. The number of carbonyl (C=O) groups excluding carboxylic acids is 3. The first-order valence-electron chi connectivity index (χ1n) is 12.9. The van der Waals surface area contributed by atoms with Crippen LogP contribution in [0.25, 0.3) is 0 Å². The molecule has 1 aromatic carbocycles. The van der Waals surface area contributed by atoms with E-state index in [1.807, 2.05) is 30.2 Å². The molecule has 36 heavy (non-hydrogen) atoms. The molecule has 8 nitrogen and oxygen atoms in total. The second kappa shape index (κ2) is 13.2. The Bertz CT molecular complexity index is 852. The number of hydroxylamine groups is 2. The van der Waals surface area contributed by atoms with E-state index >= 15 is 0 Å². The number of piperidine rings is 1. The van der Waals surface area contributed by atoms with E-state index in [1.54, 1.807) is 19.1 Å². The molecule has 1 amide bonds. The van der Waals surface area contributed by atoms with Crippen molar-refractivity contribution in [2.75, 3.05) is 20.3 Å². The fraction of sp³-hybridized carbons (Fsp3) is 0.679. The number of hydrogen-bond acceptors (Lipinski definition) is 7. The number of nitrogens with one attached hydrogen (secondary N) is 1. The lowest BCUT2D eigenvalue weighted by atomic mass is 9.79. The summed E-state index contributed by atoms with van der Waals surface area (Å²) in [5.74, 6) is -1.87. The molecule has 0 aromatic heterocycles. The van der Waals surface area contributed by atoms with E-state index in [-0.39, 0.29) is 36.9 Å². The third kappa shape index (κ3) is 8.30. The highest BCUT2D eigenvalue weighted by Crippen LogP contribution is 2.39. The summed E-state index contributed by atoms with van der Waals surface area (Å²) >= 11 is 0. The minimum absolute atomic E-state index is 0.0308. The summed E-state index contributed by atoms with van der Waals surface area (Å²) in [4.78, 5) is 43.9. The number of rotatable bonds is 12. The number of carbonyl (C=O) groups is 3. The predicted molar refractivity (Wildman–Crippen MR) is 138 cm³/mol. The lowest BCUT2D eigenvalue weighted by Crippen LogP contribution is -2.64. The van der Waals surface area contributed by atoms with Gasteiger partial charge in [-0.3, -0.25) is 19.2 Å². The summed E-state index contributed by atoms with van der Waals surface area (Å²) in [6.45, 7) is 12.5. The first-order valence-corrected chi connectivity index (χ1v) is 12.9. The van der Waals surface area contributed by atoms with Crippen molar-refractivity contribution in [3.05, 3.63) is 35.9 Å². The van der Waals surface area contributed by atoms with Crippen molar-refractivity contribution < 1.29 is 28.7 Å². The van der Waals surface area contributed by atoms with E-state index in [0.717, 1.165) is 12.8 Å². The lowest BCUT2D eigenvalue weighted by Gasteiger charge is -2.54. The maximum atomic E-state index is 12.8. The number of ether oxygens (including phenoxy) is 2. The number of amides is 1. The van der Waals surface area contributed by atoms with Gasteiger partial charge in [0.2, 0.25) is 0 Å². The maximum absolute atomic E-state index is 12.8. The van der Waals surface area contributed by atoms with Gasteiger partial charge in [0, 0.05) is 22.7 Å². The molecule has 0 spiro atoms. The molecule has 202 valence electrons. The molecule has 0 radical (unpaired) electrons. The molecule has 1 fully saturated rings. The lowest BCUT2D eigenvalue weighted by molar-refractivity contribution is -0.289. The Hall–Kier alpha value is -2.45. The first kappa shape index (κ1) is 29.8. The molecule has 8 heteroatoms. The Morgan fingerprint density at radius 3 is 2.22 bits per heavy atom. The van der Waals surface area contributed by atoms with Crippen LogP contribution in [0.1, 0.15) is 84.0 Å². The van der Waals surface area contributed by atoms with Gasteiger partial charge < -0.3 is 14.8 Å². The highest BCUT2D eigenvalue weighted by atomic mass is 16.7. The quantitative estimate of drug-likeness (QED) is 0.330. The highest BCUT2D eigenvalue weighted by Gasteiger charge is 2.47. The van der Waals surface area contributed by atoms with Crippen molar-refractivity contribution in [1.82, 2.24) is 10.4 Å². The summed E-state index contributed by atoms with van der Waals surface area (Å²) in [6, 6.07) is 9.17. The zero-order valence-corrected chi connectivity index (χ0v) is 23.0. The van der Waals surface area contributed by atoms with Crippen molar-refractivity contribution in [1.29, 1.82) is 0 Å². The fourth-order valence-electron chi connectivity index (χ4n) is 5.13. The fourth-order valence-corrected chi connectivity index (χ4v) is 5.13. The van der Waals surface area contributed by atoms with Gasteiger partial charge in [-0.25, -0.2) is 0 Å². The minimum atomic E-state index is -0.599. The molecule has 1 aliphatic rings. The first-order chi connectivity index (χ1) is 16.9. The molecule has 2 atom stereocenters. The van der Waals surface area contributed by atoms with Gasteiger partial charge in [-0.15, -0.1) is 0 Å². The van der Waals surface area contributed by atoms with Gasteiger partial charge in [0.25, 0.3) is 5.91 Å². The van der Waals surface area contributed by atoms with Gasteiger partial charge in [0.1, 0.15) is 0 Å². The maximum Gasteiger partial charge on any atom is 0.311 e. The van der Waals surface area contributed by atoms with Gasteiger partial charge in [0.15, 0.2) is 0 Å². The van der Waals surface area contributed by atoms with Crippen molar-refractivity contribution in [2.45, 2.75) is 90.8 Å². The van der Waals surface area contributed by atoms with Crippen LogP contribution in [0.3, 0.4) is 0 Å². The van der Waals surface area contributed by atoms with Crippen LogP contribution >= 0.6 is 0 Å². The molecule has 1 N–H and O–H groups in total. The van der Waals surface area contributed by atoms with Crippen LogP contribution in [-0.2, 0) is 23.9 Å². The van der Waals surface area contributed by atoms with E-state index in [9.17, 15) is 14.4 Å². The van der Waals surface area contributed by atoms with Gasteiger partial charge >= 0.3 is 11.9 Å². The Kier molecular flexibility index (Phi) is 10.9. The van der Waals surface area contributed by atoms with Crippen LogP contribution in [0, 0.1) is 11.8 Å². The van der Waals surface area contributed by atoms with E-state index in [0.29, 0.717) is 25.0 Å². The molecule has 2 rings (SSSR count). The van der Waals surface area contributed by atoms with Crippen LogP contribution in [0.4, 0.5) is 0 Å². The third-order valence-corrected chi connectivity index (χ3v) is 6.68. The van der Waals surface area contributed by atoms with E-state index in [4.69, 9.17) is 14.3 Å². The standard InChI is InChI=1S/C28H44N2O6/c1-8-9-15-35-26(33)22(16-20(2)25(32)34-7)19-36-30-27(3,4)17-23(18-28(30,5)6)29-24(31)21-13-11-10-12-14-21/h10-14,20,22-23H,8-9,15-19H2,1-7H3,(H,29,31). The monoisotopic (exact) mass is 504 g/mol. The molecule has 1 aromatic rings. The molecular weight excluding hydrogens is 460 g/mol. The largest absolute Gasteiger partial charge is 0.469 e. The SMILES string of the molecule is CCCCOC(=O)C(CON1C(C)(C)CC(NC(=O)c2ccccc2)CC1(C)C)CC(C)C(=O)OC. The molecule has 0 saturated carbocycles. The van der Waals surface area contributed by atoms with Crippen molar-refractivity contribution in [3.8, 4) is 0 Å². The topological polar surface area (TPSA) is 94.2 Å². The Balaban J connectivity index is 2.09. The highest BCUT2D eigenvalue weighted by molar-refractivity contribution is 5.94. The third-order valence-electron chi connectivity index (χ3n) is 6.68. The minimum Gasteiger partial charge on any atom is -0.469 e. The average Bonchev–Trinajstić information content (AvgIpc) is 2.81. The van der Waals surface area contributed by atoms with Crippen molar-refractivity contribution >= 4 is 17.8 Å². The molecule has 1 aliphatic heterocycles. The Morgan fingerprint density at radius 1 is 1.06 bits per heavy atom. The zero-order chi connectivity index (χ0) is 26.9. The smallest absolute Gasteiger partial charge is 0.311 e. The zero-order valence-electron chi connectivity index (χ0n) is 23.0. The van der Waals surface area contributed by atoms with E-state index < -0.39 is 22.9 Å². The number of methoxy groups -OCH3 is 1. The van der Waals surface area contributed by atoms with E-state index in [2.05, 4.69) is 33.0 Å². The molecule has 0 aliphatic carbocycles. The molecular formula is C28H44N2O6. The Labute approximate surface area is 216 Å². The number of nitrogens with zero attached hydrogens (tertiary/aromatic N) is 1. The van der Waals surface area contributed by atoms with Crippen molar-refractivity contribution in [2.24, 2.45) is 11.8 Å². The van der Waals surface area contributed by atoms with Crippen LogP contribution < -0.4 is 5.32 Å². The average molecular weight is 505 g/mol.